The Labute approximate surface area is 122 Å². The monoisotopic (exact) mass is 277 g/mol. The minimum Gasteiger partial charge on any atom is -0.399 e. The summed E-state index contributed by atoms with van der Waals surface area (Å²) in [5, 5.41) is 2.93. The average Bonchev–Trinajstić information content (AvgIpc) is 2.36. The number of rotatable bonds is 8. The van der Waals surface area contributed by atoms with E-state index in [1.54, 1.807) is 0 Å². The molecule has 1 rings (SSSR count). The second kappa shape index (κ2) is 8.59. The highest BCUT2D eigenvalue weighted by molar-refractivity contribution is 5.77. The van der Waals surface area contributed by atoms with E-state index in [1.165, 1.54) is 5.56 Å². The van der Waals surface area contributed by atoms with Crippen molar-refractivity contribution in [3.05, 3.63) is 29.8 Å². The summed E-state index contributed by atoms with van der Waals surface area (Å²) in [4.78, 5) is 13.7. The van der Waals surface area contributed by atoms with Crippen molar-refractivity contribution in [3.63, 3.8) is 0 Å². The number of hydrogen-bond donors (Lipinski definition) is 2. The van der Waals surface area contributed by atoms with E-state index in [-0.39, 0.29) is 5.91 Å². The Hall–Kier alpha value is -1.55. The third kappa shape index (κ3) is 7.14. The first kappa shape index (κ1) is 16.5. The van der Waals surface area contributed by atoms with Crippen molar-refractivity contribution in [1.29, 1.82) is 0 Å². The van der Waals surface area contributed by atoms with Crippen molar-refractivity contribution < 1.29 is 4.79 Å². The molecule has 1 aromatic rings. The molecule has 3 N–H and O–H groups in total. The maximum atomic E-state index is 11.7. The maximum absolute atomic E-state index is 11.7. The molecule has 0 spiro atoms. The van der Waals surface area contributed by atoms with Crippen molar-refractivity contribution >= 4 is 11.6 Å². The second-order valence-electron chi connectivity index (χ2n) is 5.78. The molecule has 0 aliphatic rings. The zero-order valence-corrected chi connectivity index (χ0v) is 12.9. The van der Waals surface area contributed by atoms with Crippen LogP contribution in [0, 0.1) is 5.92 Å². The minimum atomic E-state index is 0.102. The number of nitrogens with two attached hydrogens (primary N) is 1. The topological polar surface area (TPSA) is 58.4 Å². The Bertz CT molecular complexity index is 418. The van der Waals surface area contributed by atoms with Crippen LogP contribution in [0.5, 0.6) is 0 Å². The van der Waals surface area contributed by atoms with Crippen LogP contribution >= 0.6 is 0 Å². The van der Waals surface area contributed by atoms with Crippen LogP contribution in [0.4, 0.5) is 5.69 Å². The highest BCUT2D eigenvalue weighted by Crippen LogP contribution is 2.08. The van der Waals surface area contributed by atoms with Gasteiger partial charge in [-0.3, -0.25) is 9.69 Å². The fraction of sp³-hybridized carbons (Fsp3) is 0.562. The number of nitrogens with zero attached hydrogens (tertiary/aromatic N) is 1. The predicted octanol–water partition coefficient (Wildman–Crippen LogP) is 1.91. The molecule has 0 atom stereocenters. The molecule has 0 saturated carbocycles. The average molecular weight is 277 g/mol. The predicted molar refractivity (Wildman–Crippen MR) is 84.5 cm³/mol. The molecule has 0 fully saturated rings. The lowest BCUT2D eigenvalue weighted by atomic mass is 10.1. The van der Waals surface area contributed by atoms with Gasteiger partial charge in [-0.05, 0) is 50.0 Å². The fourth-order valence-electron chi connectivity index (χ4n) is 2.00. The molecule has 0 unspecified atom stereocenters. The summed E-state index contributed by atoms with van der Waals surface area (Å²) in [7, 11) is 1.98. The number of amides is 1. The molecule has 0 radical (unpaired) electrons. The van der Waals surface area contributed by atoms with Crippen LogP contribution in [0.1, 0.15) is 25.8 Å². The van der Waals surface area contributed by atoms with Crippen molar-refractivity contribution in [2.24, 2.45) is 5.92 Å². The zero-order chi connectivity index (χ0) is 15.0. The molecule has 20 heavy (non-hydrogen) atoms. The van der Waals surface area contributed by atoms with Crippen LogP contribution in [-0.2, 0) is 11.2 Å². The van der Waals surface area contributed by atoms with Gasteiger partial charge in [0, 0.05) is 12.2 Å². The summed E-state index contributed by atoms with van der Waals surface area (Å²) < 4.78 is 0. The standard InChI is InChI=1S/C16H27N3O/c1-13(2)11-18-16(20)12-19(3)9-5-7-14-6-4-8-15(17)10-14/h4,6,8,10,13H,5,7,9,11-12,17H2,1-3H3,(H,18,20). The third-order valence-electron chi connectivity index (χ3n) is 3.08. The smallest absolute Gasteiger partial charge is 0.234 e. The van der Waals surface area contributed by atoms with Crippen molar-refractivity contribution in [2.45, 2.75) is 26.7 Å². The first-order valence-corrected chi connectivity index (χ1v) is 7.27. The van der Waals surface area contributed by atoms with E-state index < -0.39 is 0 Å². The number of likely N-dealkylation sites (N-methyl/N-ethyl adjacent to an activating group) is 1. The lowest BCUT2D eigenvalue weighted by Gasteiger charge is -2.16. The molecular weight excluding hydrogens is 250 g/mol. The highest BCUT2D eigenvalue weighted by atomic mass is 16.2. The Morgan fingerprint density at radius 2 is 2.15 bits per heavy atom. The Morgan fingerprint density at radius 3 is 2.80 bits per heavy atom. The molecule has 1 aromatic carbocycles. The van der Waals surface area contributed by atoms with Gasteiger partial charge in [0.15, 0.2) is 0 Å². The lowest BCUT2D eigenvalue weighted by Crippen LogP contribution is -2.37. The summed E-state index contributed by atoms with van der Waals surface area (Å²) in [5.41, 5.74) is 7.81. The molecule has 0 bridgehead atoms. The molecule has 112 valence electrons. The number of aryl methyl sites for hydroxylation is 1. The summed E-state index contributed by atoms with van der Waals surface area (Å²) in [6.07, 6.45) is 2.01. The number of nitrogens with one attached hydrogen (secondary N) is 1. The number of carbonyl (C=O) groups is 1. The van der Waals surface area contributed by atoms with Gasteiger partial charge in [0.05, 0.1) is 6.54 Å². The Morgan fingerprint density at radius 1 is 1.40 bits per heavy atom. The van der Waals surface area contributed by atoms with Gasteiger partial charge in [0.1, 0.15) is 0 Å². The zero-order valence-electron chi connectivity index (χ0n) is 12.9. The molecule has 1 amide bonds. The van der Waals surface area contributed by atoms with Crippen molar-refractivity contribution in [1.82, 2.24) is 10.2 Å². The van der Waals surface area contributed by atoms with E-state index >= 15 is 0 Å². The molecule has 0 aliphatic heterocycles. The lowest BCUT2D eigenvalue weighted by molar-refractivity contribution is -0.122. The fourth-order valence-corrected chi connectivity index (χ4v) is 2.00. The highest BCUT2D eigenvalue weighted by Gasteiger charge is 2.06. The molecule has 0 saturated heterocycles. The first-order chi connectivity index (χ1) is 9.47. The van der Waals surface area contributed by atoms with Gasteiger partial charge in [0.25, 0.3) is 0 Å². The van der Waals surface area contributed by atoms with Crippen LogP contribution in [0.25, 0.3) is 0 Å². The van der Waals surface area contributed by atoms with E-state index in [4.69, 9.17) is 5.73 Å². The van der Waals surface area contributed by atoms with Gasteiger partial charge in [-0.15, -0.1) is 0 Å². The number of hydrogen-bond acceptors (Lipinski definition) is 3. The van der Waals surface area contributed by atoms with E-state index in [1.807, 2.05) is 25.2 Å². The van der Waals surface area contributed by atoms with Crippen LogP contribution in [-0.4, -0.2) is 37.5 Å². The van der Waals surface area contributed by atoms with E-state index in [2.05, 4.69) is 30.1 Å². The van der Waals surface area contributed by atoms with E-state index in [0.29, 0.717) is 12.5 Å². The molecule has 0 aliphatic carbocycles. The first-order valence-electron chi connectivity index (χ1n) is 7.27. The molecule has 0 aromatic heterocycles. The largest absolute Gasteiger partial charge is 0.399 e. The summed E-state index contributed by atoms with van der Waals surface area (Å²) in [5.74, 6) is 0.595. The summed E-state index contributed by atoms with van der Waals surface area (Å²) >= 11 is 0. The van der Waals surface area contributed by atoms with Gasteiger partial charge in [-0.2, -0.15) is 0 Å². The Balaban J connectivity index is 2.19. The van der Waals surface area contributed by atoms with Crippen LogP contribution in [0.3, 0.4) is 0 Å². The third-order valence-corrected chi connectivity index (χ3v) is 3.08. The maximum Gasteiger partial charge on any atom is 0.234 e. The van der Waals surface area contributed by atoms with E-state index in [0.717, 1.165) is 31.6 Å². The van der Waals surface area contributed by atoms with Crippen molar-refractivity contribution in [2.75, 3.05) is 32.4 Å². The van der Waals surface area contributed by atoms with Gasteiger partial charge in [-0.25, -0.2) is 0 Å². The quantitative estimate of drug-likeness (QED) is 0.714. The van der Waals surface area contributed by atoms with Crippen LogP contribution in [0.2, 0.25) is 0 Å². The summed E-state index contributed by atoms with van der Waals surface area (Å²) in [6.45, 7) is 6.30. The van der Waals surface area contributed by atoms with Crippen LogP contribution in [0.15, 0.2) is 24.3 Å². The van der Waals surface area contributed by atoms with Gasteiger partial charge in [0.2, 0.25) is 5.91 Å². The number of nitrogen functional groups attached to an aromatic ring is 1. The normalized spacial score (nSPS) is 11.1. The van der Waals surface area contributed by atoms with Gasteiger partial charge >= 0.3 is 0 Å². The number of anilines is 1. The Kier molecular flexibility index (Phi) is 7.09. The molecular formula is C16H27N3O. The second-order valence-corrected chi connectivity index (χ2v) is 5.78. The SMILES string of the molecule is CC(C)CNC(=O)CN(C)CCCc1cccc(N)c1. The number of carbonyl (C=O) groups excluding carboxylic acids is 1. The molecule has 4 nitrogen and oxygen atoms in total. The van der Waals surface area contributed by atoms with E-state index in [9.17, 15) is 4.79 Å². The summed E-state index contributed by atoms with van der Waals surface area (Å²) in [6, 6.07) is 7.98. The van der Waals surface area contributed by atoms with Gasteiger partial charge in [-0.1, -0.05) is 26.0 Å². The molecule has 0 heterocycles. The minimum absolute atomic E-state index is 0.102. The van der Waals surface area contributed by atoms with Crippen LogP contribution < -0.4 is 11.1 Å². The number of benzene rings is 1. The van der Waals surface area contributed by atoms with Crippen molar-refractivity contribution in [3.8, 4) is 0 Å². The van der Waals surface area contributed by atoms with Gasteiger partial charge < -0.3 is 11.1 Å². The molecule has 4 heteroatoms.